The summed E-state index contributed by atoms with van der Waals surface area (Å²) >= 11 is 7.47. The van der Waals surface area contributed by atoms with Gasteiger partial charge >= 0.3 is 6.03 Å². The van der Waals surface area contributed by atoms with Gasteiger partial charge in [0.1, 0.15) is 0 Å². The van der Waals surface area contributed by atoms with Gasteiger partial charge in [-0.25, -0.2) is 4.79 Å². The van der Waals surface area contributed by atoms with E-state index in [-0.39, 0.29) is 11.9 Å². The van der Waals surface area contributed by atoms with Gasteiger partial charge in [-0.3, -0.25) is 14.7 Å². The first-order valence-corrected chi connectivity index (χ1v) is 11.0. The zero-order valence-corrected chi connectivity index (χ0v) is 17.7. The minimum atomic E-state index is -0.520. The van der Waals surface area contributed by atoms with Crippen LogP contribution in [0.15, 0.2) is 29.4 Å². The van der Waals surface area contributed by atoms with Crippen LogP contribution in [0.5, 0.6) is 0 Å². The third kappa shape index (κ3) is 4.84. The molecule has 0 radical (unpaired) electrons. The molecule has 2 aliphatic rings. The second-order valence-corrected chi connectivity index (χ2v) is 9.03. The molecule has 154 valence electrons. The Balaban J connectivity index is 1.54. The summed E-state index contributed by atoms with van der Waals surface area (Å²) in [5.41, 5.74) is 0.839. The Morgan fingerprint density at radius 1 is 1.24 bits per heavy atom. The first-order valence-electron chi connectivity index (χ1n) is 9.75. The largest absolute Gasteiger partial charge is 0.341 e. The molecule has 8 nitrogen and oxygen atoms in total. The number of aromatic nitrogens is 3. The number of carbonyl (C=O) groups is 2. The Bertz CT molecular complexity index is 910. The summed E-state index contributed by atoms with van der Waals surface area (Å²) in [6.45, 7) is 3.58. The predicted molar refractivity (Wildman–Crippen MR) is 113 cm³/mol. The highest BCUT2D eigenvalue weighted by molar-refractivity contribution is 8.00. The van der Waals surface area contributed by atoms with Crippen LogP contribution in [0.25, 0.3) is 5.69 Å². The van der Waals surface area contributed by atoms with Gasteiger partial charge in [-0.2, -0.15) is 0 Å². The molecule has 1 saturated heterocycles. The molecule has 29 heavy (non-hydrogen) atoms. The molecular formula is C19H23ClN6O2S. The summed E-state index contributed by atoms with van der Waals surface area (Å²) in [4.78, 5) is 26.5. The van der Waals surface area contributed by atoms with Gasteiger partial charge in [0.2, 0.25) is 11.9 Å². The molecular weight excluding hydrogens is 412 g/mol. The first kappa shape index (κ1) is 20.0. The molecule has 2 aromatic rings. The van der Waals surface area contributed by atoms with Crippen LogP contribution in [-0.2, 0) is 4.79 Å². The summed E-state index contributed by atoms with van der Waals surface area (Å²) in [6.07, 6.45) is 4.15. The number of hydrogen-bond acceptors (Lipinski definition) is 6. The van der Waals surface area contributed by atoms with Gasteiger partial charge in [0.25, 0.3) is 0 Å². The van der Waals surface area contributed by atoms with Crippen molar-refractivity contribution < 1.29 is 9.59 Å². The summed E-state index contributed by atoms with van der Waals surface area (Å²) in [6, 6.07) is 7.22. The number of carbonyl (C=O) groups excluding carboxylic acids is 2. The molecule has 2 N–H and O–H groups in total. The van der Waals surface area contributed by atoms with Gasteiger partial charge in [0, 0.05) is 24.2 Å². The third-order valence-corrected chi connectivity index (χ3v) is 6.15. The van der Waals surface area contributed by atoms with Gasteiger partial charge in [-0.05, 0) is 50.8 Å². The maximum absolute atomic E-state index is 12.4. The lowest BCUT2D eigenvalue weighted by Gasteiger charge is -2.19. The normalized spacial score (nSPS) is 17.2. The van der Waals surface area contributed by atoms with Crippen molar-refractivity contribution in [3.8, 4) is 5.69 Å². The Hall–Kier alpha value is -2.26. The zero-order chi connectivity index (χ0) is 20.4. The number of nitrogens with zero attached hydrogens (tertiary/aromatic N) is 4. The molecule has 3 amide bonds. The highest BCUT2D eigenvalue weighted by Crippen LogP contribution is 2.31. The Morgan fingerprint density at radius 2 is 2.00 bits per heavy atom. The zero-order valence-electron chi connectivity index (χ0n) is 16.1. The monoisotopic (exact) mass is 434 g/mol. The lowest BCUT2D eigenvalue weighted by Crippen LogP contribution is -2.43. The number of benzene rings is 1. The summed E-state index contributed by atoms with van der Waals surface area (Å²) < 4.78 is 1.93. The number of amides is 3. The number of urea groups is 1. The van der Waals surface area contributed by atoms with Gasteiger partial charge in [0.15, 0.2) is 5.16 Å². The molecule has 1 aromatic carbocycles. The quantitative estimate of drug-likeness (QED) is 0.679. The van der Waals surface area contributed by atoms with E-state index in [1.807, 2.05) is 28.8 Å². The van der Waals surface area contributed by atoms with E-state index in [4.69, 9.17) is 11.6 Å². The Labute approximate surface area is 178 Å². The maximum atomic E-state index is 12.4. The molecule has 2 heterocycles. The van der Waals surface area contributed by atoms with Crippen molar-refractivity contribution in [3.63, 3.8) is 0 Å². The highest BCUT2D eigenvalue weighted by atomic mass is 35.5. The first-order chi connectivity index (χ1) is 14.0. The van der Waals surface area contributed by atoms with Gasteiger partial charge < -0.3 is 10.2 Å². The predicted octanol–water partition coefficient (Wildman–Crippen LogP) is 2.99. The van der Waals surface area contributed by atoms with Crippen molar-refractivity contribution in [2.24, 2.45) is 0 Å². The lowest BCUT2D eigenvalue weighted by molar-refractivity contribution is -0.119. The molecule has 1 saturated carbocycles. The molecule has 1 aliphatic heterocycles. The van der Waals surface area contributed by atoms with Gasteiger partial charge in [-0.15, -0.1) is 10.2 Å². The van der Waals surface area contributed by atoms with Crippen molar-refractivity contribution in [2.75, 3.05) is 18.0 Å². The molecule has 10 heteroatoms. The SMILES string of the molecule is CC(Sc1nnc(N2CCCC2)n1-c1cccc(Cl)c1)C(=O)NC(=O)NC1CC1. The Morgan fingerprint density at radius 3 is 2.69 bits per heavy atom. The van der Waals surface area contributed by atoms with E-state index >= 15 is 0 Å². The van der Waals surface area contributed by atoms with Crippen LogP contribution in [0, 0.1) is 0 Å². The number of thioether (sulfide) groups is 1. The van der Waals surface area contributed by atoms with Crippen LogP contribution < -0.4 is 15.5 Å². The molecule has 1 aromatic heterocycles. The molecule has 0 spiro atoms. The Kier molecular flexibility index (Phi) is 5.96. The van der Waals surface area contributed by atoms with Crippen molar-refractivity contribution in [3.05, 3.63) is 29.3 Å². The topological polar surface area (TPSA) is 92.2 Å². The van der Waals surface area contributed by atoms with E-state index in [9.17, 15) is 9.59 Å². The van der Waals surface area contributed by atoms with Crippen LogP contribution >= 0.6 is 23.4 Å². The lowest BCUT2D eigenvalue weighted by atomic mass is 10.3. The summed E-state index contributed by atoms with van der Waals surface area (Å²) in [5, 5.41) is 14.6. The molecule has 1 atom stereocenters. The summed E-state index contributed by atoms with van der Waals surface area (Å²) in [7, 11) is 0. The fraction of sp³-hybridized carbons (Fsp3) is 0.474. The standard InChI is InChI=1S/C19H23ClN6O2S/c1-12(16(27)22-17(28)21-14-7-8-14)29-19-24-23-18(25-9-2-3-10-25)26(19)15-6-4-5-13(20)11-15/h4-6,11-12,14H,2-3,7-10H2,1H3,(H2,21,22,27,28). The van der Waals surface area contributed by atoms with E-state index in [1.165, 1.54) is 11.8 Å². The van der Waals surface area contributed by atoms with Gasteiger partial charge in [0.05, 0.1) is 10.9 Å². The van der Waals surface area contributed by atoms with Crippen molar-refractivity contribution in [2.45, 2.75) is 49.1 Å². The fourth-order valence-electron chi connectivity index (χ4n) is 3.18. The second kappa shape index (κ2) is 8.62. The van der Waals surface area contributed by atoms with E-state index < -0.39 is 11.3 Å². The van der Waals surface area contributed by atoms with Gasteiger partial charge in [-0.1, -0.05) is 29.4 Å². The number of hydrogen-bond donors (Lipinski definition) is 2. The highest BCUT2D eigenvalue weighted by Gasteiger charge is 2.27. The van der Waals surface area contributed by atoms with E-state index in [0.717, 1.165) is 50.4 Å². The number of nitrogens with one attached hydrogen (secondary N) is 2. The van der Waals surface area contributed by atoms with Crippen LogP contribution in [0.4, 0.5) is 10.7 Å². The summed E-state index contributed by atoms with van der Waals surface area (Å²) in [5.74, 6) is 0.378. The average molecular weight is 435 g/mol. The van der Waals surface area contributed by atoms with Crippen LogP contribution in [0.3, 0.4) is 0 Å². The number of imide groups is 1. The minimum absolute atomic E-state index is 0.194. The van der Waals surface area contributed by atoms with Crippen molar-refractivity contribution in [1.82, 2.24) is 25.4 Å². The average Bonchev–Trinajstić information content (AvgIpc) is 3.17. The maximum Gasteiger partial charge on any atom is 0.321 e. The van der Waals surface area contributed by atoms with Crippen LogP contribution in [0.1, 0.15) is 32.6 Å². The van der Waals surface area contributed by atoms with Crippen molar-refractivity contribution >= 4 is 41.2 Å². The fourth-order valence-corrected chi connectivity index (χ4v) is 4.22. The van der Waals surface area contributed by atoms with Crippen molar-refractivity contribution in [1.29, 1.82) is 0 Å². The number of halogens is 1. The third-order valence-electron chi connectivity index (χ3n) is 4.87. The van der Waals surface area contributed by atoms with E-state index in [2.05, 4.69) is 25.7 Å². The van der Waals surface area contributed by atoms with Crippen LogP contribution in [-0.4, -0.2) is 51.1 Å². The molecule has 0 bridgehead atoms. The van der Waals surface area contributed by atoms with Crippen LogP contribution in [0.2, 0.25) is 5.02 Å². The number of anilines is 1. The smallest absolute Gasteiger partial charge is 0.321 e. The minimum Gasteiger partial charge on any atom is -0.341 e. The second-order valence-electron chi connectivity index (χ2n) is 7.29. The molecule has 1 unspecified atom stereocenters. The van der Waals surface area contributed by atoms with E-state index in [0.29, 0.717) is 10.2 Å². The molecule has 2 fully saturated rings. The molecule has 4 rings (SSSR count). The molecule has 1 aliphatic carbocycles. The number of rotatable bonds is 6. The van der Waals surface area contributed by atoms with E-state index in [1.54, 1.807) is 6.92 Å².